The number of carbonyl (C=O) groups is 2. The van der Waals surface area contributed by atoms with Crippen LogP contribution in [0.25, 0.3) is 0 Å². The number of hydrogen-bond donors (Lipinski definition) is 1. The monoisotopic (exact) mass is 436 g/mol. The van der Waals surface area contributed by atoms with Crippen molar-refractivity contribution in [2.24, 2.45) is 0 Å². The van der Waals surface area contributed by atoms with Crippen molar-refractivity contribution in [1.29, 1.82) is 0 Å². The summed E-state index contributed by atoms with van der Waals surface area (Å²) in [5, 5.41) is 7.01. The molecule has 1 saturated heterocycles. The zero-order valence-electron chi connectivity index (χ0n) is 17.2. The molecule has 9 heteroatoms. The van der Waals surface area contributed by atoms with Crippen LogP contribution in [0.4, 0.5) is 4.39 Å². The summed E-state index contributed by atoms with van der Waals surface area (Å²) in [6, 6.07) is 3.98. The molecule has 1 aliphatic rings. The van der Waals surface area contributed by atoms with Gasteiger partial charge in [0.05, 0.1) is 22.5 Å². The van der Waals surface area contributed by atoms with Crippen molar-refractivity contribution < 1.29 is 18.7 Å². The van der Waals surface area contributed by atoms with E-state index in [1.54, 1.807) is 16.0 Å². The molecule has 1 fully saturated rings. The highest BCUT2D eigenvalue weighted by Gasteiger charge is 2.30. The van der Waals surface area contributed by atoms with Crippen LogP contribution in [0.3, 0.4) is 0 Å². The molecular formula is C21H26ClFN4O3. The minimum Gasteiger partial charge on any atom is -0.484 e. The van der Waals surface area contributed by atoms with Crippen molar-refractivity contribution in [2.45, 2.75) is 32.6 Å². The smallest absolute Gasteiger partial charge is 0.260 e. The quantitative estimate of drug-likeness (QED) is 0.720. The number of likely N-dealkylation sites (tertiary alicyclic amines) is 1. The number of ether oxygens (including phenoxy) is 1. The Hall–Kier alpha value is -2.61. The van der Waals surface area contributed by atoms with E-state index < -0.39 is 5.82 Å². The number of benzene rings is 1. The van der Waals surface area contributed by atoms with Gasteiger partial charge in [0.25, 0.3) is 11.8 Å². The van der Waals surface area contributed by atoms with E-state index in [4.69, 9.17) is 16.3 Å². The second-order valence-corrected chi connectivity index (χ2v) is 7.63. The molecule has 0 spiro atoms. The van der Waals surface area contributed by atoms with E-state index in [9.17, 15) is 14.0 Å². The Morgan fingerprint density at radius 1 is 1.37 bits per heavy atom. The van der Waals surface area contributed by atoms with Crippen molar-refractivity contribution in [2.75, 3.05) is 32.8 Å². The van der Waals surface area contributed by atoms with Crippen LogP contribution in [0.2, 0.25) is 5.02 Å². The van der Waals surface area contributed by atoms with E-state index in [1.165, 1.54) is 18.2 Å². The first-order valence-electron chi connectivity index (χ1n) is 10.1. The van der Waals surface area contributed by atoms with Gasteiger partial charge in [0, 0.05) is 38.2 Å². The molecule has 162 valence electrons. The summed E-state index contributed by atoms with van der Waals surface area (Å²) in [4.78, 5) is 28.9. The lowest BCUT2D eigenvalue weighted by atomic mass is 9.92. The number of piperidine rings is 1. The van der Waals surface area contributed by atoms with Gasteiger partial charge in [-0.15, -0.1) is 0 Å². The van der Waals surface area contributed by atoms with Gasteiger partial charge in [0.1, 0.15) is 11.6 Å². The summed E-state index contributed by atoms with van der Waals surface area (Å²) < 4.78 is 18.7. The third kappa shape index (κ3) is 4.92. The number of hydrogen-bond acceptors (Lipinski definition) is 4. The van der Waals surface area contributed by atoms with Gasteiger partial charge in [-0.1, -0.05) is 11.6 Å². The molecule has 7 nitrogen and oxygen atoms in total. The van der Waals surface area contributed by atoms with E-state index in [0.29, 0.717) is 37.5 Å². The van der Waals surface area contributed by atoms with Gasteiger partial charge in [-0.25, -0.2) is 4.39 Å². The maximum absolute atomic E-state index is 13.3. The van der Waals surface area contributed by atoms with Crippen molar-refractivity contribution in [3.8, 4) is 5.75 Å². The summed E-state index contributed by atoms with van der Waals surface area (Å²) in [5.74, 6) is -0.423. The van der Waals surface area contributed by atoms with Gasteiger partial charge in [-0.2, -0.15) is 5.10 Å². The zero-order chi connectivity index (χ0) is 21.7. The van der Waals surface area contributed by atoms with Crippen LogP contribution < -0.4 is 4.74 Å². The number of H-pyrrole nitrogens is 1. The molecule has 2 aromatic rings. The van der Waals surface area contributed by atoms with E-state index in [0.717, 1.165) is 18.5 Å². The average molecular weight is 437 g/mol. The standard InChI is InChI=1S/C21H26ClFN4O3/c1-3-26(4-2)21(29)16-11-24-25-20(16)14-6-5-9-27(12-14)19(28)13-30-15-7-8-18(23)17(22)10-15/h7-8,10-11,14H,3-6,9,12-13H2,1-2H3,(H,24,25)/t14-/m1/s1. The zero-order valence-corrected chi connectivity index (χ0v) is 17.9. The molecule has 0 unspecified atom stereocenters. The maximum Gasteiger partial charge on any atom is 0.260 e. The summed E-state index contributed by atoms with van der Waals surface area (Å²) in [7, 11) is 0. The molecule has 2 heterocycles. The molecule has 1 N–H and O–H groups in total. The van der Waals surface area contributed by atoms with Crippen LogP contribution in [-0.2, 0) is 4.79 Å². The second-order valence-electron chi connectivity index (χ2n) is 7.22. The minimum absolute atomic E-state index is 0.0000205. The van der Waals surface area contributed by atoms with Crippen LogP contribution in [0.1, 0.15) is 48.7 Å². The number of carbonyl (C=O) groups excluding carboxylic acids is 2. The SMILES string of the molecule is CCN(CC)C(=O)c1cn[nH]c1[C@@H]1CCCN(C(=O)COc2ccc(F)c(Cl)c2)C1. The van der Waals surface area contributed by atoms with Crippen LogP contribution >= 0.6 is 11.6 Å². The van der Waals surface area contributed by atoms with Gasteiger partial charge >= 0.3 is 0 Å². The molecule has 2 amide bonds. The summed E-state index contributed by atoms with van der Waals surface area (Å²) in [6.45, 7) is 6.07. The Morgan fingerprint density at radius 2 is 2.13 bits per heavy atom. The van der Waals surface area contributed by atoms with E-state index >= 15 is 0 Å². The van der Waals surface area contributed by atoms with E-state index in [-0.39, 0.29) is 29.4 Å². The normalized spacial score (nSPS) is 16.4. The Morgan fingerprint density at radius 3 is 2.83 bits per heavy atom. The molecule has 0 radical (unpaired) electrons. The van der Waals surface area contributed by atoms with E-state index in [1.807, 2.05) is 13.8 Å². The lowest BCUT2D eigenvalue weighted by Gasteiger charge is -2.33. The minimum atomic E-state index is -0.538. The average Bonchev–Trinajstić information content (AvgIpc) is 3.25. The fourth-order valence-electron chi connectivity index (χ4n) is 3.70. The lowest BCUT2D eigenvalue weighted by Crippen LogP contribution is -2.42. The molecule has 0 saturated carbocycles. The number of halogens is 2. The Kier molecular flexibility index (Phi) is 7.31. The van der Waals surface area contributed by atoms with Gasteiger partial charge < -0.3 is 14.5 Å². The molecule has 1 atom stereocenters. The first-order chi connectivity index (χ1) is 14.4. The van der Waals surface area contributed by atoms with Gasteiger partial charge in [-0.05, 0) is 38.8 Å². The van der Waals surface area contributed by atoms with Gasteiger partial charge in [0.15, 0.2) is 6.61 Å². The maximum atomic E-state index is 13.3. The van der Waals surface area contributed by atoms with Crippen LogP contribution in [0.5, 0.6) is 5.75 Å². The van der Waals surface area contributed by atoms with Crippen LogP contribution in [0, 0.1) is 5.82 Å². The molecular weight excluding hydrogens is 411 g/mol. The lowest BCUT2D eigenvalue weighted by molar-refractivity contribution is -0.134. The summed E-state index contributed by atoms with van der Waals surface area (Å²) >= 11 is 5.75. The highest BCUT2D eigenvalue weighted by Crippen LogP contribution is 2.29. The van der Waals surface area contributed by atoms with Crippen LogP contribution in [0.15, 0.2) is 24.4 Å². The van der Waals surface area contributed by atoms with Gasteiger partial charge in [0.2, 0.25) is 0 Å². The first-order valence-corrected chi connectivity index (χ1v) is 10.5. The van der Waals surface area contributed by atoms with Crippen molar-refractivity contribution in [3.05, 3.63) is 46.5 Å². The van der Waals surface area contributed by atoms with Gasteiger partial charge in [-0.3, -0.25) is 14.7 Å². The number of rotatable bonds is 7. The molecule has 3 rings (SSSR count). The predicted molar refractivity (Wildman–Crippen MR) is 111 cm³/mol. The Labute approximate surface area is 180 Å². The third-order valence-corrected chi connectivity index (χ3v) is 5.68. The third-order valence-electron chi connectivity index (χ3n) is 5.39. The highest BCUT2D eigenvalue weighted by atomic mass is 35.5. The number of amides is 2. The molecule has 1 aromatic heterocycles. The number of aromatic amines is 1. The summed E-state index contributed by atoms with van der Waals surface area (Å²) in [6.07, 6.45) is 3.24. The Bertz CT molecular complexity index is 900. The van der Waals surface area contributed by atoms with Crippen LogP contribution in [-0.4, -0.2) is 64.6 Å². The molecule has 1 aromatic carbocycles. The summed E-state index contributed by atoms with van der Waals surface area (Å²) in [5.41, 5.74) is 1.34. The van der Waals surface area contributed by atoms with Crippen molar-refractivity contribution in [1.82, 2.24) is 20.0 Å². The fraction of sp³-hybridized carbons (Fsp3) is 0.476. The number of aromatic nitrogens is 2. The van der Waals surface area contributed by atoms with Crippen molar-refractivity contribution >= 4 is 23.4 Å². The van der Waals surface area contributed by atoms with Crippen molar-refractivity contribution in [3.63, 3.8) is 0 Å². The second kappa shape index (κ2) is 9.93. The number of nitrogens with zero attached hydrogens (tertiary/aromatic N) is 3. The molecule has 0 aliphatic carbocycles. The Balaban J connectivity index is 1.64. The first kappa shape index (κ1) is 22.1. The predicted octanol–water partition coefficient (Wildman–Crippen LogP) is 3.47. The fourth-order valence-corrected chi connectivity index (χ4v) is 3.87. The topological polar surface area (TPSA) is 78.5 Å². The number of nitrogens with one attached hydrogen (secondary N) is 1. The highest BCUT2D eigenvalue weighted by molar-refractivity contribution is 6.30. The largest absolute Gasteiger partial charge is 0.484 e. The molecule has 1 aliphatic heterocycles. The molecule has 30 heavy (non-hydrogen) atoms. The van der Waals surface area contributed by atoms with E-state index in [2.05, 4.69) is 10.2 Å². The molecule has 0 bridgehead atoms.